The summed E-state index contributed by atoms with van der Waals surface area (Å²) in [6.07, 6.45) is 1.95. The Morgan fingerprint density at radius 1 is 1.33 bits per heavy atom. The predicted octanol–water partition coefficient (Wildman–Crippen LogP) is 2.88. The van der Waals surface area contributed by atoms with Crippen molar-refractivity contribution >= 4 is 11.6 Å². The number of nitrogens with one attached hydrogen (secondary N) is 1. The highest BCUT2D eigenvalue weighted by atomic mass is 16.3. The number of amides is 1. The van der Waals surface area contributed by atoms with Crippen molar-refractivity contribution in [2.75, 3.05) is 11.9 Å². The van der Waals surface area contributed by atoms with Gasteiger partial charge in [-0.3, -0.25) is 4.79 Å². The number of furan rings is 1. The van der Waals surface area contributed by atoms with E-state index in [1.807, 2.05) is 25.1 Å². The predicted molar refractivity (Wildman–Crippen MR) is 81.2 cm³/mol. The molecule has 2 aromatic rings. The maximum atomic E-state index is 12.1. The van der Waals surface area contributed by atoms with E-state index in [-0.39, 0.29) is 12.5 Å². The van der Waals surface area contributed by atoms with E-state index in [0.717, 1.165) is 11.1 Å². The lowest BCUT2D eigenvalue weighted by Crippen LogP contribution is -2.12. The van der Waals surface area contributed by atoms with Crippen LogP contribution in [0.25, 0.3) is 0 Å². The molecule has 0 bridgehead atoms. The molecule has 0 atom stereocenters. The molecule has 0 saturated heterocycles. The highest BCUT2D eigenvalue weighted by Crippen LogP contribution is 2.17. The molecule has 0 aliphatic carbocycles. The number of carbonyl (C=O) groups excluding carboxylic acids is 1. The fraction of sp³-hybridized carbons (Fsp3) is 0.235. The van der Waals surface area contributed by atoms with E-state index in [1.54, 1.807) is 13.0 Å². The normalized spacial score (nSPS) is 9.86. The van der Waals surface area contributed by atoms with Crippen LogP contribution in [0, 0.1) is 25.7 Å². The molecule has 21 heavy (non-hydrogen) atoms. The largest absolute Gasteiger partial charge is 0.469 e. The molecule has 1 aromatic heterocycles. The average Bonchev–Trinajstić information content (AvgIpc) is 2.88. The van der Waals surface area contributed by atoms with Crippen LogP contribution in [0.1, 0.15) is 33.7 Å². The Morgan fingerprint density at radius 2 is 2.14 bits per heavy atom. The minimum absolute atomic E-state index is 0.0598. The average molecular weight is 283 g/mol. The van der Waals surface area contributed by atoms with Crippen LogP contribution in [0.5, 0.6) is 0 Å². The van der Waals surface area contributed by atoms with Gasteiger partial charge in [-0.2, -0.15) is 0 Å². The van der Waals surface area contributed by atoms with Crippen molar-refractivity contribution in [1.82, 2.24) is 0 Å². The molecule has 1 aromatic carbocycles. The SMILES string of the molecule is Cc1cc(NC(=O)c2ccoc2C)ccc1C#CCCO. The third kappa shape index (κ3) is 3.74. The molecule has 0 spiro atoms. The number of hydrogen-bond donors (Lipinski definition) is 2. The summed E-state index contributed by atoms with van der Waals surface area (Å²) < 4.78 is 5.12. The maximum Gasteiger partial charge on any atom is 0.259 e. The maximum absolute atomic E-state index is 12.1. The third-order valence-corrected chi connectivity index (χ3v) is 3.05. The van der Waals surface area contributed by atoms with Crippen LogP contribution in [0.2, 0.25) is 0 Å². The van der Waals surface area contributed by atoms with E-state index in [0.29, 0.717) is 23.4 Å². The zero-order valence-electron chi connectivity index (χ0n) is 12.1. The van der Waals surface area contributed by atoms with Crippen LogP contribution in [0.15, 0.2) is 34.9 Å². The summed E-state index contributed by atoms with van der Waals surface area (Å²) in [5, 5.41) is 11.5. The standard InChI is InChI=1S/C17H17NO3/c1-12-11-15(7-6-14(12)5-3-4-9-19)18-17(20)16-8-10-21-13(16)2/h6-8,10-11,19H,4,9H2,1-2H3,(H,18,20). The first-order valence-corrected chi connectivity index (χ1v) is 6.67. The van der Waals surface area contributed by atoms with Crippen molar-refractivity contribution in [2.24, 2.45) is 0 Å². The summed E-state index contributed by atoms with van der Waals surface area (Å²) in [6.45, 7) is 3.74. The molecule has 4 nitrogen and oxygen atoms in total. The Morgan fingerprint density at radius 3 is 2.76 bits per heavy atom. The number of aryl methyl sites for hydroxylation is 2. The first-order chi connectivity index (χ1) is 10.1. The van der Waals surface area contributed by atoms with Gasteiger partial charge in [-0.15, -0.1) is 0 Å². The number of aliphatic hydroxyl groups excluding tert-OH is 1. The summed E-state index contributed by atoms with van der Waals surface area (Å²) in [7, 11) is 0. The first kappa shape index (κ1) is 14.9. The molecule has 1 heterocycles. The van der Waals surface area contributed by atoms with Gasteiger partial charge in [0.15, 0.2) is 0 Å². The van der Waals surface area contributed by atoms with E-state index in [4.69, 9.17) is 9.52 Å². The van der Waals surface area contributed by atoms with Gasteiger partial charge in [0.05, 0.1) is 18.4 Å². The van der Waals surface area contributed by atoms with Crippen molar-refractivity contribution in [3.8, 4) is 11.8 Å². The van der Waals surface area contributed by atoms with E-state index < -0.39 is 0 Å². The van der Waals surface area contributed by atoms with Gasteiger partial charge in [-0.05, 0) is 43.7 Å². The minimum atomic E-state index is -0.195. The molecule has 108 valence electrons. The first-order valence-electron chi connectivity index (χ1n) is 6.67. The summed E-state index contributed by atoms with van der Waals surface area (Å²) >= 11 is 0. The molecule has 0 unspecified atom stereocenters. The van der Waals surface area contributed by atoms with Gasteiger partial charge in [0.2, 0.25) is 0 Å². The van der Waals surface area contributed by atoms with Gasteiger partial charge < -0.3 is 14.8 Å². The van der Waals surface area contributed by atoms with E-state index in [2.05, 4.69) is 17.2 Å². The molecule has 0 fully saturated rings. The summed E-state index contributed by atoms with van der Waals surface area (Å²) in [4.78, 5) is 12.1. The van der Waals surface area contributed by atoms with E-state index >= 15 is 0 Å². The molecular weight excluding hydrogens is 266 g/mol. The number of benzene rings is 1. The molecule has 0 aliphatic heterocycles. The van der Waals surface area contributed by atoms with Crippen LogP contribution in [-0.2, 0) is 0 Å². The molecule has 0 saturated carbocycles. The molecule has 0 aliphatic rings. The number of aliphatic hydroxyl groups is 1. The Labute approximate surface area is 123 Å². The quantitative estimate of drug-likeness (QED) is 0.851. The van der Waals surface area contributed by atoms with Crippen molar-refractivity contribution in [2.45, 2.75) is 20.3 Å². The van der Waals surface area contributed by atoms with Crippen molar-refractivity contribution in [3.63, 3.8) is 0 Å². The highest BCUT2D eigenvalue weighted by molar-refractivity contribution is 6.04. The second-order valence-electron chi connectivity index (χ2n) is 4.65. The number of anilines is 1. The van der Waals surface area contributed by atoms with Crippen molar-refractivity contribution in [3.05, 3.63) is 53.0 Å². The molecule has 2 N–H and O–H groups in total. The Kier molecular flexibility index (Phi) is 4.81. The van der Waals surface area contributed by atoms with Gasteiger partial charge in [0.1, 0.15) is 5.76 Å². The smallest absolute Gasteiger partial charge is 0.259 e. The number of hydrogen-bond acceptors (Lipinski definition) is 3. The second kappa shape index (κ2) is 6.78. The van der Waals surface area contributed by atoms with E-state index in [9.17, 15) is 4.79 Å². The molecular formula is C17H17NO3. The van der Waals surface area contributed by atoms with Gasteiger partial charge >= 0.3 is 0 Å². The number of carbonyl (C=O) groups is 1. The lowest BCUT2D eigenvalue weighted by molar-refractivity contribution is 0.102. The van der Waals surface area contributed by atoms with Gasteiger partial charge in [0.25, 0.3) is 5.91 Å². The highest BCUT2D eigenvalue weighted by Gasteiger charge is 2.11. The van der Waals surface area contributed by atoms with Crippen molar-refractivity contribution in [1.29, 1.82) is 0 Å². The van der Waals surface area contributed by atoms with Crippen molar-refractivity contribution < 1.29 is 14.3 Å². The van der Waals surface area contributed by atoms with Crippen LogP contribution in [0.3, 0.4) is 0 Å². The summed E-state index contributed by atoms with van der Waals surface area (Å²) in [5.41, 5.74) is 3.10. The Bertz CT molecular complexity index is 704. The van der Waals surface area contributed by atoms with E-state index in [1.165, 1.54) is 6.26 Å². The molecule has 1 amide bonds. The minimum Gasteiger partial charge on any atom is -0.469 e. The third-order valence-electron chi connectivity index (χ3n) is 3.05. The summed E-state index contributed by atoms with van der Waals surface area (Å²) in [6, 6.07) is 7.18. The zero-order chi connectivity index (χ0) is 15.2. The van der Waals surface area contributed by atoms with Crippen LogP contribution < -0.4 is 5.32 Å². The van der Waals surface area contributed by atoms with Crippen LogP contribution in [0.4, 0.5) is 5.69 Å². The fourth-order valence-electron chi connectivity index (χ4n) is 1.91. The topological polar surface area (TPSA) is 62.5 Å². The zero-order valence-corrected chi connectivity index (χ0v) is 12.1. The van der Waals surface area contributed by atoms with Crippen LogP contribution >= 0.6 is 0 Å². The molecule has 4 heteroatoms. The van der Waals surface area contributed by atoms with Crippen LogP contribution in [-0.4, -0.2) is 17.6 Å². The number of rotatable bonds is 3. The summed E-state index contributed by atoms with van der Waals surface area (Å²) in [5.74, 6) is 6.27. The molecule has 0 radical (unpaired) electrons. The fourth-order valence-corrected chi connectivity index (χ4v) is 1.91. The lowest BCUT2D eigenvalue weighted by atomic mass is 10.1. The Balaban J connectivity index is 2.12. The van der Waals surface area contributed by atoms with Gasteiger partial charge in [-0.25, -0.2) is 0 Å². The Hall–Kier alpha value is -2.51. The monoisotopic (exact) mass is 283 g/mol. The second-order valence-corrected chi connectivity index (χ2v) is 4.65. The lowest BCUT2D eigenvalue weighted by Gasteiger charge is -2.06. The van der Waals surface area contributed by atoms with Gasteiger partial charge in [-0.1, -0.05) is 11.8 Å². The van der Waals surface area contributed by atoms with Gasteiger partial charge in [0, 0.05) is 17.7 Å². The molecule has 2 rings (SSSR count).